The van der Waals surface area contributed by atoms with Gasteiger partial charge in [0.2, 0.25) is 0 Å². The molecular formula is C12H23NO. The molecule has 82 valence electrons. The van der Waals surface area contributed by atoms with Gasteiger partial charge in [-0.05, 0) is 39.7 Å². The van der Waals surface area contributed by atoms with Crippen LogP contribution in [0.15, 0.2) is 0 Å². The van der Waals surface area contributed by atoms with Gasteiger partial charge in [0.05, 0.1) is 6.04 Å². The maximum Gasteiger partial charge on any atom is 0.149 e. The first-order chi connectivity index (χ1) is 6.66. The van der Waals surface area contributed by atoms with Crippen molar-refractivity contribution >= 4 is 5.78 Å². The van der Waals surface area contributed by atoms with Crippen LogP contribution in [-0.4, -0.2) is 29.3 Å². The van der Waals surface area contributed by atoms with E-state index in [9.17, 15) is 4.79 Å². The Labute approximate surface area is 87.7 Å². The van der Waals surface area contributed by atoms with Gasteiger partial charge in [-0.1, -0.05) is 13.3 Å². The first kappa shape index (κ1) is 11.7. The zero-order chi connectivity index (χ0) is 10.6. The summed E-state index contributed by atoms with van der Waals surface area (Å²) < 4.78 is 0. The van der Waals surface area contributed by atoms with E-state index in [1.807, 2.05) is 0 Å². The summed E-state index contributed by atoms with van der Waals surface area (Å²) in [6.45, 7) is 7.63. The van der Waals surface area contributed by atoms with E-state index >= 15 is 0 Å². The zero-order valence-corrected chi connectivity index (χ0v) is 9.75. The molecule has 0 aromatic rings. The monoisotopic (exact) mass is 197 g/mol. The van der Waals surface area contributed by atoms with Gasteiger partial charge in [0, 0.05) is 12.5 Å². The zero-order valence-electron chi connectivity index (χ0n) is 9.75. The molecule has 1 fully saturated rings. The van der Waals surface area contributed by atoms with E-state index in [0.29, 0.717) is 11.8 Å². The molecule has 1 atom stereocenters. The molecule has 0 aromatic heterocycles. The van der Waals surface area contributed by atoms with Crippen molar-refractivity contribution in [2.75, 3.05) is 6.54 Å². The first-order valence-electron chi connectivity index (χ1n) is 5.95. The lowest BCUT2D eigenvalue weighted by Crippen LogP contribution is -2.46. The quantitative estimate of drug-likeness (QED) is 0.690. The molecule has 2 heteroatoms. The topological polar surface area (TPSA) is 20.3 Å². The van der Waals surface area contributed by atoms with Crippen LogP contribution in [0.5, 0.6) is 0 Å². The van der Waals surface area contributed by atoms with Crippen LogP contribution in [0.25, 0.3) is 0 Å². The summed E-state index contributed by atoms with van der Waals surface area (Å²) in [5, 5.41) is 0. The third kappa shape index (κ3) is 2.81. The molecule has 0 radical (unpaired) electrons. The van der Waals surface area contributed by atoms with E-state index in [1.165, 1.54) is 6.42 Å². The first-order valence-corrected chi connectivity index (χ1v) is 5.95. The molecule has 0 amide bonds. The minimum atomic E-state index is 0.226. The molecule has 0 spiro atoms. The van der Waals surface area contributed by atoms with Crippen molar-refractivity contribution in [2.24, 2.45) is 0 Å². The molecule has 1 unspecified atom stereocenters. The highest BCUT2D eigenvalue weighted by Gasteiger charge is 2.28. The molecule has 1 saturated carbocycles. The largest absolute Gasteiger partial charge is 0.298 e. The average Bonchev–Trinajstić information content (AvgIpc) is 2.15. The molecular weight excluding hydrogens is 174 g/mol. The number of Topliss-reactive ketones (excluding diaryl/α,β-unsaturated/α-hetero) is 1. The Morgan fingerprint density at radius 1 is 1.43 bits per heavy atom. The molecule has 0 N–H and O–H groups in total. The van der Waals surface area contributed by atoms with Gasteiger partial charge in [0.15, 0.2) is 0 Å². The van der Waals surface area contributed by atoms with Gasteiger partial charge >= 0.3 is 0 Å². The van der Waals surface area contributed by atoms with Crippen molar-refractivity contribution < 1.29 is 4.79 Å². The van der Waals surface area contributed by atoms with Crippen LogP contribution in [0.4, 0.5) is 0 Å². The molecule has 14 heavy (non-hydrogen) atoms. The SMILES string of the molecule is CCCN(C(C)C)C1CCCCC1=O. The van der Waals surface area contributed by atoms with Gasteiger partial charge in [0.25, 0.3) is 0 Å². The summed E-state index contributed by atoms with van der Waals surface area (Å²) >= 11 is 0. The Morgan fingerprint density at radius 2 is 2.14 bits per heavy atom. The van der Waals surface area contributed by atoms with Gasteiger partial charge in [-0.2, -0.15) is 0 Å². The standard InChI is InChI=1S/C12H23NO/c1-4-9-13(10(2)3)11-7-5-6-8-12(11)14/h10-11H,4-9H2,1-3H3. The molecule has 0 aromatic carbocycles. The molecule has 0 saturated heterocycles. The minimum absolute atomic E-state index is 0.226. The highest BCUT2D eigenvalue weighted by Crippen LogP contribution is 2.21. The van der Waals surface area contributed by atoms with Gasteiger partial charge in [0.1, 0.15) is 5.78 Å². The van der Waals surface area contributed by atoms with Gasteiger partial charge in [-0.15, -0.1) is 0 Å². The fourth-order valence-electron chi connectivity index (χ4n) is 2.35. The summed E-state index contributed by atoms with van der Waals surface area (Å²) in [4.78, 5) is 14.1. The normalized spacial score (nSPS) is 23.5. The number of ketones is 1. The van der Waals surface area contributed by atoms with Crippen LogP contribution in [0.3, 0.4) is 0 Å². The van der Waals surface area contributed by atoms with Gasteiger partial charge < -0.3 is 0 Å². The summed E-state index contributed by atoms with van der Waals surface area (Å²) in [7, 11) is 0. The number of nitrogens with zero attached hydrogens (tertiary/aromatic N) is 1. The number of hydrogen-bond acceptors (Lipinski definition) is 2. The van der Waals surface area contributed by atoms with Crippen LogP contribution >= 0.6 is 0 Å². The lowest BCUT2D eigenvalue weighted by molar-refractivity contribution is -0.127. The van der Waals surface area contributed by atoms with Crippen molar-refractivity contribution in [2.45, 2.75) is 65.0 Å². The van der Waals surface area contributed by atoms with Gasteiger partial charge in [-0.25, -0.2) is 0 Å². The van der Waals surface area contributed by atoms with Crippen molar-refractivity contribution in [3.63, 3.8) is 0 Å². The molecule has 1 aliphatic carbocycles. The second kappa shape index (κ2) is 5.50. The van der Waals surface area contributed by atoms with Gasteiger partial charge in [-0.3, -0.25) is 9.69 Å². The highest BCUT2D eigenvalue weighted by molar-refractivity contribution is 5.84. The molecule has 0 aliphatic heterocycles. The van der Waals surface area contributed by atoms with Crippen LogP contribution < -0.4 is 0 Å². The average molecular weight is 197 g/mol. The molecule has 1 aliphatic rings. The summed E-state index contributed by atoms with van der Waals surface area (Å²) in [5.74, 6) is 0.471. The predicted octanol–water partition coefficient (Wildman–Crippen LogP) is 2.62. The maximum absolute atomic E-state index is 11.8. The second-order valence-electron chi connectivity index (χ2n) is 4.56. The maximum atomic E-state index is 11.8. The van der Waals surface area contributed by atoms with E-state index in [-0.39, 0.29) is 6.04 Å². The summed E-state index contributed by atoms with van der Waals surface area (Å²) in [6.07, 6.45) is 5.35. The third-order valence-electron chi connectivity index (χ3n) is 3.07. The van der Waals surface area contributed by atoms with Crippen molar-refractivity contribution in [1.29, 1.82) is 0 Å². The van der Waals surface area contributed by atoms with E-state index < -0.39 is 0 Å². The van der Waals surface area contributed by atoms with Crippen LogP contribution in [0.1, 0.15) is 52.9 Å². The smallest absolute Gasteiger partial charge is 0.149 e. The molecule has 2 nitrogen and oxygen atoms in total. The third-order valence-corrected chi connectivity index (χ3v) is 3.07. The van der Waals surface area contributed by atoms with Crippen LogP contribution in [0, 0.1) is 0 Å². The van der Waals surface area contributed by atoms with Crippen LogP contribution in [-0.2, 0) is 4.79 Å². The summed E-state index contributed by atoms with van der Waals surface area (Å²) in [5.41, 5.74) is 0. The Morgan fingerprint density at radius 3 is 2.64 bits per heavy atom. The Hall–Kier alpha value is -0.370. The number of rotatable bonds is 4. The Bertz CT molecular complexity index is 189. The van der Waals surface area contributed by atoms with E-state index in [0.717, 1.165) is 32.2 Å². The number of hydrogen-bond donors (Lipinski definition) is 0. The molecule has 1 rings (SSSR count). The molecule has 0 bridgehead atoms. The van der Waals surface area contributed by atoms with E-state index in [1.54, 1.807) is 0 Å². The van der Waals surface area contributed by atoms with E-state index in [2.05, 4.69) is 25.7 Å². The molecule has 0 heterocycles. The van der Waals surface area contributed by atoms with Crippen molar-refractivity contribution in [3.05, 3.63) is 0 Å². The fourth-order valence-corrected chi connectivity index (χ4v) is 2.35. The summed E-state index contributed by atoms with van der Waals surface area (Å²) in [6, 6.07) is 0.727. The van der Waals surface area contributed by atoms with Crippen molar-refractivity contribution in [1.82, 2.24) is 4.90 Å². The van der Waals surface area contributed by atoms with E-state index in [4.69, 9.17) is 0 Å². The highest BCUT2D eigenvalue weighted by atomic mass is 16.1. The Balaban J connectivity index is 2.60. The lowest BCUT2D eigenvalue weighted by Gasteiger charge is -2.35. The Kier molecular flexibility index (Phi) is 4.59. The second-order valence-corrected chi connectivity index (χ2v) is 4.56. The van der Waals surface area contributed by atoms with Crippen LogP contribution in [0.2, 0.25) is 0 Å². The number of carbonyl (C=O) groups is 1. The minimum Gasteiger partial charge on any atom is -0.298 e. The van der Waals surface area contributed by atoms with Crippen molar-refractivity contribution in [3.8, 4) is 0 Å². The fraction of sp³-hybridized carbons (Fsp3) is 0.917. The lowest BCUT2D eigenvalue weighted by atomic mass is 9.92. The predicted molar refractivity (Wildman–Crippen MR) is 59.4 cm³/mol. The number of carbonyl (C=O) groups excluding carboxylic acids is 1.